The van der Waals surface area contributed by atoms with Gasteiger partial charge in [-0.2, -0.15) is 5.10 Å². The first-order valence-electron chi connectivity index (χ1n) is 11.9. The van der Waals surface area contributed by atoms with Crippen LogP contribution in [0.4, 0.5) is 25.1 Å². The lowest BCUT2D eigenvalue weighted by atomic mass is 9.98. The minimum Gasteiger partial charge on any atom is -0.477 e. The molecule has 5 rings (SSSR count). The molecule has 1 fully saturated rings. The van der Waals surface area contributed by atoms with E-state index < -0.39 is 17.7 Å². The van der Waals surface area contributed by atoms with Gasteiger partial charge in [-0.25, -0.2) is 18.3 Å². The van der Waals surface area contributed by atoms with Gasteiger partial charge in [-0.15, -0.1) is 5.10 Å². The fourth-order valence-corrected chi connectivity index (χ4v) is 4.22. The largest absolute Gasteiger partial charge is 0.477 e. The van der Waals surface area contributed by atoms with Crippen LogP contribution in [0.2, 0.25) is 0 Å². The maximum atomic E-state index is 13.2. The zero-order valence-electron chi connectivity index (χ0n) is 20.6. The summed E-state index contributed by atoms with van der Waals surface area (Å²) in [5.74, 6) is -0.315. The number of aromatic amines is 1. The highest BCUT2D eigenvalue weighted by atomic mass is 19.2. The number of H-pyrrole nitrogens is 1. The van der Waals surface area contributed by atoms with Crippen molar-refractivity contribution in [3.63, 3.8) is 0 Å². The van der Waals surface area contributed by atoms with Crippen LogP contribution in [0.3, 0.4) is 0 Å². The summed E-state index contributed by atoms with van der Waals surface area (Å²) in [7, 11) is 0. The summed E-state index contributed by atoms with van der Waals surface area (Å²) >= 11 is 0. The molecule has 0 radical (unpaired) electrons. The number of nitrogens with one attached hydrogen (secondary N) is 2. The van der Waals surface area contributed by atoms with Gasteiger partial charge in [-0.05, 0) is 50.1 Å². The van der Waals surface area contributed by atoms with E-state index in [-0.39, 0.29) is 5.92 Å². The first-order valence-corrected chi connectivity index (χ1v) is 11.9. The Hall–Kier alpha value is -4.41. The lowest BCUT2D eigenvalue weighted by Crippen LogP contribution is -2.21. The molecule has 0 aliphatic carbocycles. The molecule has 0 spiro atoms. The summed E-state index contributed by atoms with van der Waals surface area (Å²) in [5.41, 5.74) is 8.65. The number of ether oxygens (including phenoxy) is 1. The second-order valence-electron chi connectivity index (χ2n) is 8.51. The zero-order chi connectivity index (χ0) is 26.4. The highest BCUT2D eigenvalue weighted by Crippen LogP contribution is 2.31. The van der Waals surface area contributed by atoms with E-state index in [0.717, 1.165) is 42.0 Å². The SMILES string of the molecule is CCOc1nn(-c2ccccc2)c(NC(N)=O)c1C.Fc1ccc(C2CCN(c3cn[nH]c3)C2)cc1F. The van der Waals surface area contributed by atoms with Crippen LogP contribution in [-0.4, -0.2) is 45.7 Å². The molecule has 194 valence electrons. The predicted molar refractivity (Wildman–Crippen MR) is 137 cm³/mol. The van der Waals surface area contributed by atoms with E-state index in [1.54, 1.807) is 16.9 Å². The molecule has 11 heteroatoms. The smallest absolute Gasteiger partial charge is 0.317 e. The molecule has 1 atom stereocenters. The molecule has 1 unspecified atom stereocenters. The van der Waals surface area contributed by atoms with Gasteiger partial charge in [0.05, 0.1) is 29.7 Å². The molecule has 2 amide bonds. The molecule has 2 aromatic heterocycles. The Bertz CT molecular complexity index is 1330. The first-order chi connectivity index (χ1) is 17.9. The van der Waals surface area contributed by atoms with Crippen LogP contribution in [0.15, 0.2) is 60.9 Å². The average molecular weight is 510 g/mol. The number of nitrogens with zero attached hydrogens (tertiary/aromatic N) is 4. The van der Waals surface area contributed by atoms with Gasteiger partial charge in [-0.1, -0.05) is 24.3 Å². The monoisotopic (exact) mass is 509 g/mol. The Labute approximate surface area is 213 Å². The van der Waals surface area contributed by atoms with Crippen molar-refractivity contribution in [1.29, 1.82) is 0 Å². The van der Waals surface area contributed by atoms with Crippen LogP contribution < -0.4 is 20.7 Å². The normalized spacial score (nSPS) is 14.7. The Morgan fingerprint density at radius 1 is 1.19 bits per heavy atom. The van der Waals surface area contributed by atoms with Gasteiger partial charge in [-0.3, -0.25) is 10.4 Å². The van der Waals surface area contributed by atoms with E-state index in [1.807, 2.05) is 50.4 Å². The Morgan fingerprint density at radius 2 is 1.97 bits per heavy atom. The van der Waals surface area contributed by atoms with Crippen LogP contribution in [0.5, 0.6) is 5.88 Å². The number of para-hydroxylation sites is 1. The second kappa shape index (κ2) is 11.5. The van der Waals surface area contributed by atoms with Crippen LogP contribution in [0.25, 0.3) is 5.69 Å². The number of hydrogen-bond acceptors (Lipinski definition) is 5. The maximum Gasteiger partial charge on any atom is 0.317 e. The van der Waals surface area contributed by atoms with Crippen molar-refractivity contribution in [3.8, 4) is 11.6 Å². The fourth-order valence-electron chi connectivity index (χ4n) is 4.22. The van der Waals surface area contributed by atoms with E-state index in [1.165, 1.54) is 12.1 Å². The van der Waals surface area contributed by atoms with E-state index >= 15 is 0 Å². The summed E-state index contributed by atoms with van der Waals surface area (Å²) < 4.78 is 33.1. The summed E-state index contributed by atoms with van der Waals surface area (Å²) in [5, 5.41) is 13.6. The number of amides is 2. The third-order valence-electron chi connectivity index (χ3n) is 6.05. The molecule has 3 heterocycles. The van der Waals surface area contributed by atoms with E-state index in [0.29, 0.717) is 18.3 Å². The molecular weight excluding hydrogens is 480 g/mol. The Morgan fingerprint density at radius 3 is 2.62 bits per heavy atom. The lowest BCUT2D eigenvalue weighted by Gasteiger charge is -2.16. The molecule has 0 bridgehead atoms. The molecule has 1 saturated heterocycles. The van der Waals surface area contributed by atoms with Crippen LogP contribution in [0, 0.1) is 18.6 Å². The van der Waals surface area contributed by atoms with Crippen molar-refractivity contribution in [3.05, 3.63) is 83.7 Å². The predicted octanol–water partition coefficient (Wildman–Crippen LogP) is 4.75. The molecule has 1 aliphatic rings. The van der Waals surface area contributed by atoms with Crippen molar-refractivity contribution in [2.45, 2.75) is 26.2 Å². The number of carbonyl (C=O) groups excluding carboxylic acids is 1. The standard InChI is InChI=1S/C13H13F2N3.C13H16N4O2/c14-12-2-1-9(5-13(12)15)10-3-4-18(8-10)11-6-16-17-7-11;1-3-19-12-9(2)11(15-13(14)18)17(16-12)10-7-5-4-6-8-10/h1-2,5-7,10H,3-4,8H2,(H,16,17);4-8H,3H2,1-2H3,(H3,14,15,18). The van der Waals surface area contributed by atoms with Crippen molar-refractivity contribution in [1.82, 2.24) is 20.0 Å². The van der Waals surface area contributed by atoms with E-state index in [2.05, 4.69) is 25.5 Å². The van der Waals surface area contributed by atoms with Crippen LogP contribution in [-0.2, 0) is 0 Å². The van der Waals surface area contributed by atoms with Gasteiger partial charge in [0, 0.05) is 25.2 Å². The molecular formula is C26H29F2N7O2. The van der Waals surface area contributed by atoms with Gasteiger partial charge in [0.15, 0.2) is 11.6 Å². The third kappa shape index (κ3) is 6.05. The number of urea groups is 1. The van der Waals surface area contributed by atoms with Crippen molar-refractivity contribution < 1.29 is 18.3 Å². The molecule has 0 saturated carbocycles. The molecule has 2 aromatic carbocycles. The molecule has 4 N–H and O–H groups in total. The maximum absolute atomic E-state index is 13.2. The topological polar surface area (TPSA) is 114 Å². The second-order valence-corrected chi connectivity index (χ2v) is 8.51. The van der Waals surface area contributed by atoms with Crippen LogP contribution >= 0.6 is 0 Å². The molecule has 4 aromatic rings. The summed E-state index contributed by atoms with van der Waals surface area (Å²) in [4.78, 5) is 13.3. The number of nitrogens with two attached hydrogens (primary N) is 1. The number of carbonyl (C=O) groups is 1. The molecule has 37 heavy (non-hydrogen) atoms. The highest BCUT2D eigenvalue weighted by molar-refractivity contribution is 5.88. The number of anilines is 2. The Kier molecular flexibility index (Phi) is 8.02. The first kappa shape index (κ1) is 25.7. The van der Waals surface area contributed by atoms with E-state index in [4.69, 9.17) is 10.5 Å². The number of benzene rings is 2. The number of hydrogen-bond donors (Lipinski definition) is 3. The molecule has 9 nitrogen and oxygen atoms in total. The Balaban J connectivity index is 0.000000173. The van der Waals surface area contributed by atoms with Crippen molar-refractivity contribution in [2.75, 3.05) is 29.9 Å². The highest BCUT2D eigenvalue weighted by Gasteiger charge is 2.25. The van der Waals surface area contributed by atoms with Crippen molar-refractivity contribution in [2.24, 2.45) is 5.73 Å². The fraction of sp³-hybridized carbons (Fsp3) is 0.269. The van der Waals surface area contributed by atoms with Crippen molar-refractivity contribution >= 4 is 17.5 Å². The number of rotatable bonds is 6. The summed E-state index contributed by atoms with van der Waals surface area (Å²) in [6.45, 7) is 5.92. The van der Waals surface area contributed by atoms with Gasteiger partial charge in [0.1, 0.15) is 5.82 Å². The number of aromatic nitrogens is 4. The van der Waals surface area contributed by atoms with Gasteiger partial charge in [0.25, 0.3) is 0 Å². The zero-order valence-corrected chi connectivity index (χ0v) is 20.6. The third-order valence-corrected chi connectivity index (χ3v) is 6.05. The summed E-state index contributed by atoms with van der Waals surface area (Å²) in [6.07, 6.45) is 4.55. The average Bonchev–Trinajstić information content (AvgIpc) is 3.65. The molecule has 1 aliphatic heterocycles. The van der Waals surface area contributed by atoms with Crippen LogP contribution in [0.1, 0.15) is 30.4 Å². The minimum absolute atomic E-state index is 0.245. The lowest BCUT2D eigenvalue weighted by molar-refractivity contribution is 0.259. The summed E-state index contributed by atoms with van der Waals surface area (Å²) in [6, 6.07) is 13.0. The van der Waals surface area contributed by atoms with Gasteiger partial charge >= 0.3 is 6.03 Å². The number of primary amides is 1. The minimum atomic E-state index is -0.788. The van der Waals surface area contributed by atoms with Gasteiger partial charge < -0.3 is 15.4 Å². The van der Waals surface area contributed by atoms with E-state index in [9.17, 15) is 13.6 Å². The number of halogens is 2. The van der Waals surface area contributed by atoms with Gasteiger partial charge in [0.2, 0.25) is 5.88 Å². The quantitative estimate of drug-likeness (QED) is 0.347.